The van der Waals surface area contributed by atoms with Crippen LogP contribution in [0.15, 0.2) is 59.8 Å². The zero-order valence-corrected chi connectivity index (χ0v) is 21.0. The second kappa shape index (κ2) is 10.6. The third-order valence-corrected chi connectivity index (χ3v) is 7.37. The lowest BCUT2D eigenvalue weighted by Gasteiger charge is -2.30. The van der Waals surface area contributed by atoms with Crippen molar-refractivity contribution in [2.75, 3.05) is 29.8 Å². The molecule has 1 aliphatic heterocycles. The van der Waals surface area contributed by atoms with Gasteiger partial charge >= 0.3 is 0 Å². The summed E-state index contributed by atoms with van der Waals surface area (Å²) in [6.07, 6.45) is 3.22. The number of nitrogens with one attached hydrogen (secondary N) is 1. The number of likely N-dealkylation sites (tertiary alicyclic amines) is 1. The maximum absolute atomic E-state index is 12.8. The van der Waals surface area contributed by atoms with Crippen LogP contribution in [0.3, 0.4) is 0 Å². The van der Waals surface area contributed by atoms with Crippen molar-refractivity contribution < 1.29 is 13.2 Å². The fraction of sp³-hybridized carbons (Fsp3) is 0.375. The lowest BCUT2D eigenvalue weighted by atomic mass is 9.99. The van der Waals surface area contributed by atoms with E-state index in [1.807, 2.05) is 51.9 Å². The molecule has 0 bridgehead atoms. The number of thioether (sulfide) groups is 1. The highest BCUT2D eigenvalue weighted by atomic mass is 32.2. The Balaban J connectivity index is 1.55. The van der Waals surface area contributed by atoms with Gasteiger partial charge in [0.25, 0.3) is 0 Å². The number of anilines is 1. The van der Waals surface area contributed by atoms with Crippen LogP contribution in [0.4, 0.5) is 5.69 Å². The predicted octanol–water partition coefficient (Wildman–Crippen LogP) is 3.72. The summed E-state index contributed by atoms with van der Waals surface area (Å²) in [6, 6.07) is 17.0. The van der Waals surface area contributed by atoms with Gasteiger partial charge in [0.2, 0.25) is 15.9 Å². The monoisotopic (exact) mass is 499 g/mol. The van der Waals surface area contributed by atoms with Gasteiger partial charge in [-0.1, -0.05) is 49.0 Å². The Bertz CT molecular complexity index is 1220. The molecule has 34 heavy (non-hydrogen) atoms. The SMILES string of the molecule is CC1CCN(C(=O)CSc2nnc(-c3ccc(NS(C)(=O)=O)cc3)n2Cc2ccccc2)CC1. The normalized spacial score (nSPS) is 14.8. The van der Waals surface area contributed by atoms with E-state index in [2.05, 4.69) is 21.8 Å². The van der Waals surface area contributed by atoms with E-state index >= 15 is 0 Å². The predicted molar refractivity (Wildman–Crippen MR) is 135 cm³/mol. The molecule has 8 nitrogen and oxygen atoms in total. The van der Waals surface area contributed by atoms with Crippen LogP contribution in [0.25, 0.3) is 11.4 Å². The van der Waals surface area contributed by atoms with E-state index in [0.29, 0.717) is 34.9 Å². The fourth-order valence-electron chi connectivity index (χ4n) is 3.89. The Labute approximate surface area is 204 Å². The van der Waals surface area contributed by atoms with E-state index in [9.17, 15) is 13.2 Å². The fourth-order valence-corrected chi connectivity index (χ4v) is 5.30. The molecule has 1 amide bonds. The molecule has 10 heteroatoms. The third-order valence-electron chi connectivity index (χ3n) is 5.81. The van der Waals surface area contributed by atoms with Crippen LogP contribution in [0.1, 0.15) is 25.3 Å². The van der Waals surface area contributed by atoms with E-state index in [1.54, 1.807) is 12.1 Å². The minimum absolute atomic E-state index is 0.129. The molecule has 0 saturated carbocycles. The molecule has 0 unspecified atom stereocenters. The molecule has 0 spiro atoms. The Morgan fingerprint density at radius 1 is 1.06 bits per heavy atom. The zero-order valence-electron chi connectivity index (χ0n) is 19.3. The first kappa shape index (κ1) is 24.3. The Kier molecular flexibility index (Phi) is 7.57. The summed E-state index contributed by atoms with van der Waals surface area (Å²) in [7, 11) is -3.35. The van der Waals surface area contributed by atoms with Crippen LogP contribution in [-0.2, 0) is 21.4 Å². The number of rotatable bonds is 8. The van der Waals surface area contributed by atoms with Gasteiger partial charge in [-0.05, 0) is 48.6 Å². The van der Waals surface area contributed by atoms with Gasteiger partial charge < -0.3 is 4.90 Å². The Morgan fingerprint density at radius 2 is 1.74 bits per heavy atom. The number of benzene rings is 2. The molecule has 3 aromatic rings. The smallest absolute Gasteiger partial charge is 0.233 e. The topological polar surface area (TPSA) is 97.2 Å². The summed E-state index contributed by atoms with van der Waals surface area (Å²) in [4.78, 5) is 14.7. The van der Waals surface area contributed by atoms with E-state index in [4.69, 9.17) is 0 Å². The molecule has 0 atom stereocenters. The number of piperidine rings is 1. The van der Waals surface area contributed by atoms with E-state index < -0.39 is 10.0 Å². The number of sulfonamides is 1. The van der Waals surface area contributed by atoms with Gasteiger partial charge in [-0.3, -0.25) is 14.1 Å². The van der Waals surface area contributed by atoms with Gasteiger partial charge in [-0.2, -0.15) is 0 Å². The van der Waals surface area contributed by atoms with Gasteiger partial charge in [0.05, 0.1) is 18.6 Å². The standard InChI is InChI=1S/C24H29N5O3S2/c1-18-12-14-28(15-13-18)22(30)17-33-24-26-25-23(29(24)16-19-6-4-3-5-7-19)20-8-10-21(11-9-20)27-34(2,31)32/h3-11,18,27H,12-17H2,1-2H3. The summed E-state index contributed by atoms with van der Waals surface area (Å²) >= 11 is 1.40. The summed E-state index contributed by atoms with van der Waals surface area (Å²) in [6.45, 7) is 4.42. The minimum atomic E-state index is -3.35. The van der Waals surface area contributed by atoms with Crippen molar-refractivity contribution in [1.82, 2.24) is 19.7 Å². The van der Waals surface area contributed by atoms with Crippen molar-refractivity contribution in [3.8, 4) is 11.4 Å². The van der Waals surface area contributed by atoms with Gasteiger partial charge in [-0.25, -0.2) is 8.42 Å². The molecular formula is C24H29N5O3S2. The number of carbonyl (C=O) groups excluding carboxylic acids is 1. The van der Waals surface area contributed by atoms with Crippen molar-refractivity contribution >= 4 is 33.4 Å². The second-order valence-electron chi connectivity index (χ2n) is 8.68. The quantitative estimate of drug-likeness (QED) is 0.475. The molecule has 1 fully saturated rings. The van der Waals surface area contributed by atoms with Crippen LogP contribution in [0.2, 0.25) is 0 Å². The van der Waals surface area contributed by atoms with E-state index in [0.717, 1.165) is 43.3 Å². The second-order valence-corrected chi connectivity index (χ2v) is 11.4. The molecule has 0 aliphatic carbocycles. The third kappa shape index (κ3) is 6.38. The molecule has 2 aromatic carbocycles. The first-order valence-corrected chi connectivity index (χ1v) is 14.1. The number of hydrogen-bond donors (Lipinski definition) is 1. The van der Waals surface area contributed by atoms with E-state index in [-0.39, 0.29) is 5.91 Å². The van der Waals surface area contributed by atoms with Crippen LogP contribution in [-0.4, -0.2) is 59.1 Å². The van der Waals surface area contributed by atoms with Crippen molar-refractivity contribution in [3.05, 3.63) is 60.2 Å². The maximum Gasteiger partial charge on any atom is 0.233 e. The maximum atomic E-state index is 12.8. The molecule has 1 N–H and O–H groups in total. The number of nitrogens with zero attached hydrogens (tertiary/aromatic N) is 4. The lowest BCUT2D eigenvalue weighted by Crippen LogP contribution is -2.38. The number of amides is 1. The van der Waals surface area contributed by atoms with Crippen LogP contribution in [0.5, 0.6) is 0 Å². The van der Waals surface area contributed by atoms with Gasteiger partial charge in [0.15, 0.2) is 11.0 Å². The molecule has 1 aliphatic rings. The molecule has 0 radical (unpaired) electrons. The van der Waals surface area contributed by atoms with Crippen LogP contribution < -0.4 is 4.72 Å². The Hall–Kier alpha value is -2.85. The largest absolute Gasteiger partial charge is 0.342 e. The number of aromatic nitrogens is 3. The molecule has 1 saturated heterocycles. The molecule has 180 valence electrons. The highest BCUT2D eigenvalue weighted by Crippen LogP contribution is 2.27. The van der Waals surface area contributed by atoms with Gasteiger partial charge in [0, 0.05) is 24.3 Å². The Morgan fingerprint density at radius 3 is 2.38 bits per heavy atom. The van der Waals surface area contributed by atoms with Gasteiger partial charge in [-0.15, -0.1) is 10.2 Å². The van der Waals surface area contributed by atoms with Gasteiger partial charge in [0.1, 0.15) is 0 Å². The minimum Gasteiger partial charge on any atom is -0.342 e. The van der Waals surface area contributed by atoms with Crippen LogP contribution in [0, 0.1) is 5.92 Å². The number of carbonyl (C=O) groups is 1. The molecular weight excluding hydrogens is 470 g/mol. The van der Waals surface area contributed by atoms with Crippen molar-refractivity contribution in [2.24, 2.45) is 5.92 Å². The highest BCUT2D eigenvalue weighted by molar-refractivity contribution is 7.99. The first-order chi connectivity index (χ1) is 16.3. The summed E-state index contributed by atoms with van der Waals surface area (Å²) < 4.78 is 27.5. The first-order valence-electron chi connectivity index (χ1n) is 11.2. The summed E-state index contributed by atoms with van der Waals surface area (Å²) in [5, 5.41) is 9.49. The van der Waals surface area contributed by atoms with Crippen molar-refractivity contribution in [1.29, 1.82) is 0 Å². The zero-order chi connectivity index (χ0) is 24.1. The number of hydrogen-bond acceptors (Lipinski definition) is 6. The lowest BCUT2D eigenvalue weighted by molar-refractivity contribution is -0.129. The molecule has 2 heterocycles. The van der Waals surface area contributed by atoms with Crippen molar-refractivity contribution in [2.45, 2.75) is 31.5 Å². The van der Waals surface area contributed by atoms with E-state index in [1.165, 1.54) is 11.8 Å². The highest BCUT2D eigenvalue weighted by Gasteiger charge is 2.22. The summed E-state index contributed by atoms with van der Waals surface area (Å²) in [5.74, 6) is 1.78. The average Bonchev–Trinajstić information content (AvgIpc) is 3.20. The average molecular weight is 500 g/mol. The molecule has 1 aromatic heterocycles. The van der Waals surface area contributed by atoms with Crippen LogP contribution >= 0.6 is 11.8 Å². The van der Waals surface area contributed by atoms with Crippen molar-refractivity contribution in [3.63, 3.8) is 0 Å². The summed E-state index contributed by atoms with van der Waals surface area (Å²) in [5.41, 5.74) is 2.39. The molecule has 4 rings (SSSR count).